The Labute approximate surface area is 107 Å². The highest BCUT2D eigenvalue weighted by molar-refractivity contribution is 7.89. The van der Waals surface area contributed by atoms with Gasteiger partial charge in [0.2, 0.25) is 10.0 Å². The molecule has 0 aliphatic heterocycles. The molecule has 100 valence electrons. The van der Waals surface area contributed by atoms with Gasteiger partial charge in [0.15, 0.2) is 0 Å². The number of carbonyl (C=O) groups is 1. The number of benzene rings is 1. The van der Waals surface area contributed by atoms with Crippen LogP contribution in [0.2, 0.25) is 0 Å². The molecule has 0 aromatic heterocycles. The summed E-state index contributed by atoms with van der Waals surface area (Å²) in [5, 5.41) is 8.79. The number of nitrogens with one attached hydrogen (secondary N) is 1. The van der Waals surface area contributed by atoms with Crippen molar-refractivity contribution in [2.75, 3.05) is 5.75 Å². The van der Waals surface area contributed by atoms with Gasteiger partial charge in [-0.2, -0.15) is 0 Å². The first kappa shape index (κ1) is 14.7. The van der Waals surface area contributed by atoms with Crippen LogP contribution in [-0.2, 0) is 21.2 Å². The van der Waals surface area contributed by atoms with E-state index in [1.54, 1.807) is 6.92 Å². The highest BCUT2D eigenvalue weighted by Gasteiger charge is 2.21. The second-order valence-electron chi connectivity index (χ2n) is 3.97. The van der Waals surface area contributed by atoms with E-state index in [1.807, 2.05) is 30.3 Å². The van der Waals surface area contributed by atoms with E-state index in [0.29, 0.717) is 6.42 Å². The maximum atomic E-state index is 11.7. The average molecular weight is 271 g/mol. The normalized spacial score (nSPS) is 13.2. The van der Waals surface area contributed by atoms with E-state index < -0.39 is 22.0 Å². The number of sulfonamides is 1. The van der Waals surface area contributed by atoms with Gasteiger partial charge in [0.05, 0.1) is 5.75 Å². The van der Waals surface area contributed by atoms with Crippen molar-refractivity contribution >= 4 is 16.0 Å². The van der Waals surface area contributed by atoms with E-state index in [9.17, 15) is 13.2 Å². The minimum absolute atomic E-state index is 0.110. The maximum absolute atomic E-state index is 11.7. The molecule has 1 aromatic rings. The number of rotatable bonds is 7. The zero-order valence-electron chi connectivity index (χ0n) is 10.2. The molecule has 0 spiro atoms. The van der Waals surface area contributed by atoms with E-state index in [1.165, 1.54) is 0 Å². The van der Waals surface area contributed by atoms with Crippen molar-refractivity contribution < 1.29 is 18.3 Å². The molecule has 0 saturated carbocycles. The van der Waals surface area contributed by atoms with Gasteiger partial charge in [-0.3, -0.25) is 4.79 Å². The van der Waals surface area contributed by atoms with Gasteiger partial charge in [0.25, 0.3) is 0 Å². The molecule has 6 heteroatoms. The lowest BCUT2D eigenvalue weighted by Crippen LogP contribution is -2.41. The molecule has 1 atom stereocenters. The summed E-state index contributed by atoms with van der Waals surface area (Å²) in [4.78, 5) is 10.8. The number of hydrogen-bond donors (Lipinski definition) is 2. The number of carboxylic acid groups (broad SMARTS) is 1. The van der Waals surface area contributed by atoms with Gasteiger partial charge in [-0.25, -0.2) is 13.1 Å². The summed E-state index contributed by atoms with van der Waals surface area (Å²) in [6, 6.07) is 8.15. The molecular formula is C12H17NO4S. The topological polar surface area (TPSA) is 83.5 Å². The third kappa shape index (κ3) is 4.85. The molecule has 1 aromatic carbocycles. The van der Waals surface area contributed by atoms with Crippen LogP contribution in [0.1, 0.15) is 18.9 Å². The minimum Gasteiger partial charge on any atom is -0.480 e. The summed E-state index contributed by atoms with van der Waals surface area (Å²) in [7, 11) is -3.57. The van der Waals surface area contributed by atoms with Gasteiger partial charge in [0.1, 0.15) is 6.04 Å². The van der Waals surface area contributed by atoms with Gasteiger partial charge in [0, 0.05) is 0 Å². The maximum Gasteiger partial charge on any atom is 0.321 e. The number of hydrogen-bond acceptors (Lipinski definition) is 3. The number of aryl methyl sites for hydroxylation is 1. The Morgan fingerprint density at radius 3 is 2.44 bits per heavy atom. The van der Waals surface area contributed by atoms with Crippen molar-refractivity contribution in [2.24, 2.45) is 0 Å². The Morgan fingerprint density at radius 2 is 1.94 bits per heavy atom. The molecule has 5 nitrogen and oxygen atoms in total. The van der Waals surface area contributed by atoms with Crippen LogP contribution in [0.15, 0.2) is 30.3 Å². The third-order valence-corrected chi connectivity index (χ3v) is 3.92. The van der Waals surface area contributed by atoms with Crippen LogP contribution in [0, 0.1) is 0 Å². The van der Waals surface area contributed by atoms with Crippen LogP contribution in [-0.4, -0.2) is 31.3 Å². The molecule has 0 amide bonds. The molecule has 0 aliphatic rings. The van der Waals surface area contributed by atoms with E-state index in [0.717, 1.165) is 5.56 Å². The molecule has 1 unspecified atom stereocenters. The van der Waals surface area contributed by atoms with E-state index >= 15 is 0 Å². The van der Waals surface area contributed by atoms with Gasteiger partial charge in [-0.05, 0) is 18.4 Å². The Morgan fingerprint density at radius 1 is 1.33 bits per heavy atom. The van der Waals surface area contributed by atoms with Crippen molar-refractivity contribution in [3.8, 4) is 0 Å². The number of carboxylic acids is 1. The van der Waals surface area contributed by atoms with Crippen LogP contribution in [0.5, 0.6) is 0 Å². The monoisotopic (exact) mass is 271 g/mol. The first-order valence-corrected chi connectivity index (χ1v) is 7.36. The van der Waals surface area contributed by atoms with Crippen molar-refractivity contribution in [1.29, 1.82) is 0 Å². The van der Waals surface area contributed by atoms with Crippen LogP contribution in [0.25, 0.3) is 0 Å². The van der Waals surface area contributed by atoms with Crippen LogP contribution in [0.3, 0.4) is 0 Å². The molecule has 2 N–H and O–H groups in total. The zero-order chi connectivity index (χ0) is 13.6. The predicted molar refractivity (Wildman–Crippen MR) is 68.8 cm³/mol. The lowest BCUT2D eigenvalue weighted by atomic mass is 10.2. The molecule has 0 bridgehead atoms. The third-order valence-electron chi connectivity index (χ3n) is 2.53. The molecule has 0 aliphatic carbocycles. The van der Waals surface area contributed by atoms with Gasteiger partial charge < -0.3 is 5.11 Å². The molecule has 0 radical (unpaired) electrons. The molecular weight excluding hydrogens is 254 g/mol. The molecule has 0 saturated heterocycles. The van der Waals surface area contributed by atoms with Crippen molar-refractivity contribution in [2.45, 2.75) is 25.8 Å². The smallest absolute Gasteiger partial charge is 0.321 e. The first-order chi connectivity index (χ1) is 8.44. The van der Waals surface area contributed by atoms with E-state index in [4.69, 9.17) is 5.11 Å². The summed E-state index contributed by atoms with van der Waals surface area (Å²) in [6.45, 7) is 1.62. The summed E-state index contributed by atoms with van der Waals surface area (Å²) < 4.78 is 25.6. The highest BCUT2D eigenvalue weighted by atomic mass is 32.2. The van der Waals surface area contributed by atoms with Crippen LogP contribution < -0.4 is 4.72 Å². The summed E-state index contributed by atoms with van der Waals surface area (Å²) in [5.74, 6) is -1.26. The lowest BCUT2D eigenvalue weighted by molar-refractivity contribution is -0.139. The van der Waals surface area contributed by atoms with Crippen molar-refractivity contribution in [1.82, 2.24) is 4.72 Å². The highest BCUT2D eigenvalue weighted by Crippen LogP contribution is 2.03. The fourth-order valence-electron chi connectivity index (χ4n) is 1.48. The Bertz CT molecular complexity index is 484. The van der Waals surface area contributed by atoms with Gasteiger partial charge >= 0.3 is 5.97 Å². The van der Waals surface area contributed by atoms with Crippen LogP contribution >= 0.6 is 0 Å². The standard InChI is InChI=1S/C12H17NO4S/c1-2-11(12(14)15)13-18(16,17)9-8-10-6-4-3-5-7-10/h3-7,11,13H,2,8-9H2,1H3,(H,14,15). The second kappa shape index (κ2) is 6.51. The number of aliphatic carboxylic acids is 1. The first-order valence-electron chi connectivity index (χ1n) is 5.71. The second-order valence-corrected chi connectivity index (χ2v) is 5.84. The van der Waals surface area contributed by atoms with E-state index in [2.05, 4.69) is 4.72 Å². The largest absolute Gasteiger partial charge is 0.480 e. The molecule has 18 heavy (non-hydrogen) atoms. The predicted octanol–water partition coefficient (Wildman–Crippen LogP) is 1.01. The molecule has 0 heterocycles. The Kier molecular flexibility index (Phi) is 5.30. The fourth-order valence-corrected chi connectivity index (χ4v) is 2.80. The zero-order valence-corrected chi connectivity index (χ0v) is 11.0. The Hall–Kier alpha value is -1.40. The van der Waals surface area contributed by atoms with E-state index in [-0.39, 0.29) is 12.2 Å². The van der Waals surface area contributed by atoms with Crippen LogP contribution in [0.4, 0.5) is 0 Å². The lowest BCUT2D eigenvalue weighted by Gasteiger charge is -2.12. The average Bonchev–Trinajstić information content (AvgIpc) is 2.35. The summed E-state index contributed by atoms with van der Waals surface area (Å²) >= 11 is 0. The SMILES string of the molecule is CCC(NS(=O)(=O)CCc1ccccc1)C(=O)O. The quantitative estimate of drug-likeness (QED) is 0.775. The molecule has 1 rings (SSSR count). The van der Waals surface area contributed by atoms with Gasteiger partial charge in [-0.15, -0.1) is 0 Å². The fraction of sp³-hybridized carbons (Fsp3) is 0.417. The summed E-state index contributed by atoms with van der Waals surface area (Å²) in [5.41, 5.74) is 0.909. The van der Waals surface area contributed by atoms with Gasteiger partial charge in [-0.1, -0.05) is 37.3 Å². The summed E-state index contributed by atoms with van der Waals surface area (Å²) in [6.07, 6.45) is 0.589. The van der Waals surface area contributed by atoms with Crippen molar-refractivity contribution in [3.63, 3.8) is 0 Å². The van der Waals surface area contributed by atoms with Crippen molar-refractivity contribution in [3.05, 3.63) is 35.9 Å². The Balaban J connectivity index is 2.57. The minimum atomic E-state index is -3.57. The molecule has 0 fully saturated rings.